The average molecular weight is 437 g/mol. The molecular weight excluding hydrogens is 410 g/mol. The Morgan fingerprint density at radius 3 is 2.78 bits per heavy atom. The summed E-state index contributed by atoms with van der Waals surface area (Å²) in [6, 6.07) is 12.7. The lowest BCUT2D eigenvalue weighted by Gasteiger charge is -2.41. The second-order valence-electron chi connectivity index (χ2n) is 8.98. The molecule has 32 heavy (non-hydrogen) atoms. The van der Waals surface area contributed by atoms with E-state index in [0.29, 0.717) is 24.0 Å². The summed E-state index contributed by atoms with van der Waals surface area (Å²) in [6.45, 7) is 2.38. The standard InChI is InChI=1S/C26H26F2N2O2/c1-16-13-20-18-5-3-4-6-22(18)29-24(20)25(30(16)15-26(28)11-12-26)19-9-7-17(14-21(19)27)8-10-23(31)32-2/h3-10,14,16,25,29H,11-13,15H2,1-2H3/b10-8+/t16-,25-/m1/s1. The number of para-hydroxylation sites is 1. The number of nitrogens with zero attached hydrogens (tertiary/aromatic N) is 1. The third kappa shape index (κ3) is 3.73. The summed E-state index contributed by atoms with van der Waals surface area (Å²) in [6.07, 6.45) is 4.69. The van der Waals surface area contributed by atoms with E-state index in [-0.39, 0.29) is 18.4 Å². The van der Waals surface area contributed by atoms with Crippen molar-refractivity contribution in [2.45, 2.75) is 43.9 Å². The number of alkyl halides is 1. The zero-order chi connectivity index (χ0) is 22.5. The number of esters is 1. The van der Waals surface area contributed by atoms with E-state index in [2.05, 4.69) is 27.6 Å². The van der Waals surface area contributed by atoms with Crippen LogP contribution in [0.25, 0.3) is 17.0 Å². The molecule has 5 rings (SSSR count). The fourth-order valence-electron chi connectivity index (χ4n) is 4.81. The molecule has 0 bridgehead atoms. The highest BCUT2D eigenvalue weighted by atomic mass is 19.1. The molecule has 6 heteroatoms. The Morgan fingerprint density at radius 2 is 2.06 bits per heavy atom. The van der Waals surface area contributed by atoms with E-state index in [9.17, 15) is 9.18 Å². The Bertz CT molecular complexity index is 1210. The summed E-state index contributed by atoms with van der Waals surface area (Å²) in [5, 5.41) is 1.14. The van der Waals surface area contributed by atoms with Crippen LogP contribution < -0.4 is 0 Å². The average Bonchev–Trinajstić information content (AvgIpc) is 3.40. The minimum Gasteiger partial charge on any atom is -0.466 e. The summed E-state index contributed by atoms with van der Waals surface area (Å²) in [7, 11) is 1.30. The molecule has 166 valence electrons. The SMILES string of the molecule is COC(=O)/C=C/c1ccc([C@@H]2c3[nH]c4ccccc4c3C[C@@H](C)N2CC2(F)CC2)c(F)c1. The number of halogens is 2. The number of methoxy groups -OCH3 is 1. The maximum Gasteiger partial charge on any atom is 0.330 e. The molecule has 1 aliphatic carbocycles. The van der Waals surface area contributed by atoms with Crippen molar-refractivity contribution < 1.29 is 18.3 Å². The Hall–Kier alpha value is -2.99. The van der Waals surface area contributed by atoms with Crippen molar-refractivity contribution in [3.8, 4) is 0 Å². The lowest BCUT2D eigenvalue weighted by molar-refractivity contribution is -0.134. The van der Waals surface area contributed by atoms with Crippen LogP contribution in [0.5, 0.6) is 0 Å². The highest BCUT2D eigenvalue weighted by Crippen LogP contribution is 2.47. The van der Waals surface area contributed by atoms with Crippen molar-refractivity contribution in [2.75, 3.05) is 13.7 Å². The number of fused-ring (bicyclic) bond motifs is 3. The van der Waals surface area contributed by atoms with Gasteiger partial charge in [0.25, 0.3) is 0 Å². The minimum absolute atomic E-state index is 0.0678. The van der Waals surface area contributed by atoms with Crippen molar-refractivity contribution >= 4 is 22.9 Å². The molecular formula is C26H26F2N2O2. The molecule has 2 aromatic carbocycles. The molecule has 1 aromatic heterocycles. The summed E-state index contributed by atoms with van der Waals surface area (Å²) >= 11 is 0. The third-order valence-corrected chi connectivity index (χ3v) is 6.71. The first-order valence-corrected chi connectivity index (χ1v) is 11.0. The molecule has 2 aliphatic rings. The lowest BCUT2D eigenvalue weighted by atomic mass is 9.87. The summed E-state index contributed by atoms with van der Waals surface area (Å²) < 4.78 is 35.0. The van der Waals surface area contributed by atoms with Gasteiger partial charge in [-0.1, -0.05) is 30.3 Å². The first-order chi connectivity index (χ1) is 15.4. The molecule has 1 aliphatic heterocycles. The van der Waals surface area contributed by atoms with Gasteiger partial charge in [0.2, 0.25) is 0 Å². The molecule has 4 nitrogen and oxygen atoms in total. The summed E-state index contributed by atoms with van der Waals surface area (Å²) in [5.41, 5.74) is 3.00. The van der Waals surface area contributed by atoms with E-state index in [0.717, 1.165) is 23.0 Å². The molecule has 1 saturated carbocycles. The smallest absolute Gasteiger partial charge is 0.330 e. The number of hydrogen-bond donors (Lipinski definition) is 1. The quantitative estimate of drug-likeness (QED) is 0.434. The van der Waals surface area contributed by atoms with Gasteiger partial charge in [0.15, 0.2) is 0 Å². The van der Waals surface area contributed by atoms with Gasteiger partial charge in [-0.3, -0.25) is 4.90 Å². The molecule has 0 saturated heterocycles. The van der Waals surface area contributed by atoms with E-state index in [1.807, 2.05) is 18.2 Å². The second kappa shape index (κ2) is 7.85. The number of hydrogen-bond acceptors (Lipinski definition) is 3. The fourth-order valence-corrected chi connectivity index (χ4v) is 4.81. The lowest BCUT2D eigenvalue weighted by Crippen LogP contribution is -2.46. The van der Waals surface area contributed by atoms with Gasteiger partial charge in [0.1, 0.15) is 11.5 Å². The number of carbonyl (C=O) groups is 1. The maximum absolute atomic E-state index is 15.5. The highest BCUT2D eigenvalue weighted by molar-refractivity contribution is 5.87. The normalized spacial score (nSPS) is 22.2. The molecule has 2 heterocycles. The Kier molecular flexibility index (Phi) is 5.13. The molecule has 0 amide bonds. The molecule has 0 unspecified atom stereocenters. The van der Waals surface area contributed by atoms with Crippen molar-refractivity contribution in [1.82, 2.24) is 9.88 Å². The van der Waals surface area contributed by atoms with Crippen molar-refractivity contribution in [2.24, 2.45) is 0 Å². The number of ether oxygens (including phenoxy) is 1. The molecule has 0 radical (unpaired) electrons. The number of aromatic nitrogens is 1. The van der Waals surface area contributed by atoms with Crippen LogP contribution >= 0.6 is 0 Å². The van der Waals surface area contributed by atoms with Crippen LogP contribution in [-0.2, 0) is 16.0 Å². The molecule has 3 aromatic rings. The Morgan fingerprint density at radius 1 is 1.28 bits per heavy atom. The Balaban J connectivity index is 1.60. The topological polar surface area (TPSA) is 45.3 Å². The predicted molar refractivity (Wildman–Crippen MR) is 121 cm³/mol. The van der Waals surface area contributed by atoms with E-state index < -0.39 is 17.7 Å². The number of rotatable bonds is 5. The van der Waals surface area contributed by atoms with Gasteiger partial charge >= 0.3 is 5.97 Å². The van der Waals surface area contributed by atoms with Gasteiger partial charge in [-0.05, 0) is 55.5 Å². The molecule has 1 fully saturated rings. The largest absolute Gasteiger partial charge is 0.466 e. The van der Waals surface area contributed by atoms with Crippen LogP contribution in [0.4, 0.5) is 8.78 Å². The molecule has 2 atom stereocenters. The van der Waals surface area contributed by atoms with Crippen LogP contribution in [0.15, 0.2) is 48.5 Å². The predicted octanol–water partition coefficient (Wildman–Crippen LogP) is 5.33. The number of nitrogens with one attached hydrogen (secondary N) is 1. The van der Waals surface area contributed by atoms with Gasteiger partial charge in [-0.15, -0.1) is 0 Å². The monoisotopic (exact) mass is 436 g/mol. The minimum atomic E-state index is -1.18. The van der Waals surface area contributed by atoms with Crippen molar-refractivity contribution in [3.05, 3.63) is 76.7 Å². The first-order valence-electron chi connectivity index (χ1n) is 11.0. The van der Waals surface area contributed by atoms with Gasteiger partial charge in [-0.25, -0.2) is 13.6 Å². The van der Waals surface area contributed by atoms with Crippen LogP contribution in [0.3, 0.4) is 0 Å². The van der Waals surface area contributed by atoms with Crippen LogP contribution in [0.1, 0.15) is 48.2 Å². The van der Waals surface area contributed by atoms with Crippen LogP contribution in [0, 0.1) is 5.82 Å². The highest BCUT2D eigenvalue weighted by Gasteiger charge is 2.48. The summed E-state index contributed by atoms with van der Waals surface area (Å²) in [4.78, 5) is 17.0. The van der Waals surface area contributed by atoms with Gasteiger partial charge in [-0.2, -0.15) is 0 Å². The van der Waals surface area contributed by atoms with E-state index in [4.69, 9.17) is 0 Å². The van der Waals surface area contributed by atoms with E-state index in [1.165, 1.54) is 30.9 Å². The van der Waals surface area contributed by atoms with Gasteiger partial charge < -0.3 is 9.72 Å². The number of benzene rings is 2. The number of carbonyl (C=O) groups excluding carboxylic acids is 1. The number of aromatic amines is 1. The molecule has 0 spiro atoms. The third-order valence-electron chi connectivity index (χ3n) is 6.71. The Labute approximate surface area is 185 Å². The van der Waals surface area contributed by atoms with Crippen molar-refractivity contribution in [3.63, 3.8) is 0 Å². The van der Waals surface area contributed by atoms with Crippen LogP contribution in [0.2, 0.25) is 0 Å². The molecule has 1 N–H and O–H groups in total. The number of H-pyrrole nitrogens is 1. The van der Waals surface area contributed by atoms with Crippen molar-refractivity contribution in [1.29, 1.82) is 0 Å². The van der Waals surface area contributed by atoms with Crippen LogP contribution in [-0.4, -0.2) is 41.2 Å². The van der Waals surface area contributed by atoms with Gasteiger partial charge in [0, 0.05) is 40.8 Å². The van der Waals surface area contributed by atoms with E-state index >= 15 is 4.39 Å². The zero-order valence-corrected chi connectivity index (χ0v) is 18.2. The maximum atomic E-state index is 15.5. The van der Waals surface area contributed by atoms with E-state index in [1.54, 1.807) is 12.1 Å². The second-order valence-corrected chi connectivity index (χ2v) is 8.98. The summed E-state index contributed by atoms with van der Waals surface area (Å²) in [5.74, 6) is -0.878. The zero-order valence-electron chi connectivity index (χ0n) is 18.2. The first kappa shape index (κ1) is 20.9. The van der Waals surface area contributed by atoms with Gasteiger partial charge in [0.05, 0.1) is 13.2 Å². The fraction of sp³-hybridized carbons (Fsp3) is 0.346.